The fourth-order valence-electron chi connectivity index (χ4n) is 2.68. The van der Waals surface area contributed by atoms with Crippen molar-refractivity contribution in [2.24, 2.45) is 17.1 Å². The van der Waals surface area contributed by atoms with Gasteiger partial charge < -0.3 is 10.5 Å². The van der Waals surface area contributed by atoms with Crippen molar-refractivity contribution in [1.82, 2.24) is 0 Å². The molecule has 2 atom stereocenters. The molecule has 0 amide bonds. The average molecular weight is 233 g/mol. The smallest absolute Gasteiger partial charge is 0.126 e. The first kappa shape index (κ1) is 12.4. The van der Waals surface area contributed by atoms with Gasteiger partial charge in [-0.25, -0.2) is 0 Å². The molecule has 0 saturated heterocycles. The molecule has 2 N–H and O–H groups in total. The van der Waals surface area contributed by atoms with E-state index in [2.05, 4.69) is 39.8 Å². The molecule has 0 aromatic heterocycles. The van der Waals surface area contributed by atoms with Crippen LogP contribution in [0.3, 0.4) is 0 Å². The summed E-state index contributed by atoms with van der Waals surface area (Å²) in [5, 5.41) is 0. The minimum absolute atomic E-state index is 0.0965. The molecule has 2 rings (SSSR count). The van der Waals surface area contributed by atoms with Crippen molar-refractivity contribution in [3.8, 4) is 5.75 Å². The lowest BCUT2D eigenvalue weighted by molar-refractivity contribution is 0.394. The van der Waals surface area contributed by atoms with Crippen LogP contribution in [-0.4, -0.2) is 7.11 Å². The molecule has 0 spiro atoms. The van der Waals surface area contributed by atoms with Crippen LogP contribution < -0.4 is 10.5 Å². The number of rotatable bonds is 3. The molecule has 0 aliphatic heterocycles. The predicted octanol–water partition coefficient (Wildman–Crippen LogP) is 3.36. The highest BCUT2D eigenvalue weighted by Crippen LogP contribution is 2.57. The summed E-state index contributed by atoms with van der Waals surface area (Å²) < 4.78 is 5.54. The Hall–Kier alpha value is -1.02. The lowest BCUT2D eigenvalue weighted by Crippen LogP contribution is -2.17. The van der Waals surface area contributed by atoms with E-state index in [1.807, 2.05) is 0 Å². The van der Waals surface area contributed by atoms with Crippen LogP contribution in [0.25, 0.3) is 0 Å². The number of aryl methyl sites for hydroxylation is 1. The van der Waals surface area contributed by atoms with Crippen molar-refractivity contribution in [2.45, 2.75) is 40.2 Å². The van der Waals surface area contributed by atoms with Crippen LogP contribution in [0, 0.1) is 25.2 Å². The topological polar surface area (TPSA) is 35.2 Å². The quantitative estimate of drug-likeness (QED) is 0.869. The first-order chi connectivity index (χ1) is 7.88. The van der Waals surface area contributed by atoms with Gasteiger partial charge in [-0.05, 0) is 42.7 Å². The Morgan fingerprint density at radius 2 is 1.94 bits per heavy atom. The zero-order valence-electron chi connectivity index (χ0n) is 11.5. The monoisotopic (exact) mass is 233 g/mol. The molecule has 2 unspecified atom stereocenters. The molecule has 0 radical (unpaired) electrons. The Labute approximate surface area is 104 Å². The van der Waals surface area contributed by atoms with Gasteiger partial charge in [-0.15, -0.1) is 0 Å². The Bertz CT molecular complexity index is 437. The molecule has 1 saturated carbocycles. The molecular formula is C15H23NO. The van der Waals surface area contributed by atoms with Gasteiger partial charge >= 0.3 is 0 Å². The summed E-state index contributed by atoms with van der Waals surface area (Å²) >= 11 is 0. The van der Waals surface area contributed by atoms with Crippen LogP contribution in [0.2, 0.25) is 0 Å². The van der Waals surface area contributed by atoms with Crippen molar-refractivity contribution in [3.63, 3.8) is 0 Å². The van der Waals surface area contributed by atoms with Gasteiger partial charge in [0.2, 0.25) is 0 Å². The van der Waals surface area contributed by atoms with E-state index in [0.29, 0.717) is 11.3 Å². The van der Waals surface area contributed by atoms with Gasteiger partial charge in [0.15, 0.2) is 0 Å². The van der Waals surface area contributed by atoms with E-state index >= 15 is 0 Å². The van der Waals surface area contributed by atoms with Crippen LogP contribution in [-0.2, 0) is 0 Å². The largest absolute Gasteiger partial charge is 0.496 e. The maximum Gasteiger partial charge on any atom is 0.126 e. The van der Waals surface area contributed by atoms with Crippen LogP contribution >= 0.6 is 0 Å². The molecule has 0 heterocycles. The molecule has 2 heteroatoms. The molecular weight excluding hydrogens is 210 g/mol. The molecule has 1 aromatic carbocycles. The van der Waals surface area contributed by atoms with Crippen molar-refractivity contribution in [3.05, 3.63) is 28.8 Å². The van der Waals surface area contributed by atoms with Crippen LogP contribution in [0.1, 0.15) is 43.0 Å². The molecule has 1 aliphatic carbocycles. The standard InChI is InChI=1S/C15H23NO/c1-9-6-7-11(14(17-5)10(9)2)13(16)12-8-15(12,3)4/h6-7,12-13H,8,16H2,1-5H3. The third-order valence-corrected chi connectivity index (χ3v) is 4.29. The predicted molar refractivity (Wildman–Crippen MR) is 71.3 cm³/mol. The molecule has 1 fully saturated rings. The van der Waals surface area contributed by atoms with Crippen molar-refractivity contribution >= 4 is 0 Å². The summed E-state index contributed by atoms with van der Waals surface area (Å²) in [4.78, 5) is 0. The zero-order valence-corrected chi connectivity index (χ0v) is 11.5. The first-order valence-electron chi connectivity index (χ1n) is 6.28. The Morgan fingerprint density at radius 3 is 2.41 bits per heavy atom. The fraction of sp³-hybridized carbons (Fsp3) is 0.600. The normalized spacial score (nSPS) is 23.3. The maximum absolute atomic E-state index is 6.39. The minimum Gasteiger partial charge on any atom is -0.496 e. The summed E-state index contributed by atoms with van der Waals surface area (Å²) in [6.07, 6.45) is 1.21. The van der Waals surface area contributed by atoms with E-state index in [0.717, 1.165) is 11.3 Å². The highest BCUT2D eigenvalue weighted by molar-refractivity contribution is 5.47. The summed E-state index contributed by atoms with van der Waals surface area (Å²) in [6, 6.07) is 4.36. The molecule has 2 nitrogen and oxygen atoms in total. The number of nitrogens with two attached hydrogens (primary N) is 1. The Morgan fingerprint density at radius 1 is 1.35 bits per heavy atom. The third-order valence-electron chi connectivity index (χ3n) is 4.29. The fourth-order valence-corrected chi connectivity index (χ4v) is 2.68. The summed E-state index contributed by atoms with van der Waals surface area (Å²) in [5.74, 6) is 1.55. The second-order valence-electron chi connectivity index (χ2n) is 5.95. The highest BCUT2D eigenvalue weighted by atomic mass is 16.5. The lowest BCUT2D eigenvalue weighted by atomic mass is 9.94. The summed E-state index contributed by atoms with van der Waals surface area (Å²) in [6.45, 7) is 8.77. The number of hydrogen-bond acceptors (Lipinski definition) is 2. The van der Waals surface area contributed by atoms with Gasteiger partial charge in [0, 0.05) is 11.6 Å². The van der Waals surface area contributed by atoms with E-state index < -0.39 is 0 Å². The molecule has 94 valence electrons. The Kier molecular flexibility index (Phi) is 2.94. The van der Waals surface area contributed by atoms with Crippen LogP contribution in [0.15, 0.2) is 12.1 Å². The van der Waals surface area contributed by atoms with Crippen LogP contribution in [0.4, 0.5) is 0 Å². The molecule has 0 bridgehead atoms. The van der Waals surface area contributed by atoms with Gasteiger partial charge in [-0.1, -0.05) is 26.0 Å². The number of benzene rings is 1. The number of hydrogen-bond donors (Lipinski definition) is 1. The molecule has 17 heavy (non-hydrogen) atoms. The molecule has 1 aromatic rings. The van der Waals surface area contributed by atoms with E-state index in [1.54, 1.807) is 7.11 Å². The van der Waals surface area contributed by atoms with Crippen molar-refractivity contribution < 1.29 is 4.74 Å². The number of ether oxygens (including phenoxy) is 1. The highest BCUT2D eigenvalue weighted by Gasteiger charge is 2.49. The first-order valence-corrected chi connectivity index (χ1v) is 6.28. The summed E-state index contributed by atoms with van der Waals surface area (Å²) in [5.41, 5.74) is 10.4. The minimum atomic E-state index is 0.0965. The van der Waals surface area contributed by atoms with E-state index in [4.69, 9.17) is 10.5 Å². The van der Waals surface area contributed by atoms with E-state index in [1.165, 1.54) is 17.5 Å². The summed E-state index contributed by atoms with van der Waals surface area (Å²) in [7, 11) is 1.73. The van der Waals surface area contributed by atoms with Gasteiger partial charge in [0.05, 0.1) is 7.11 Å². The second-order valence-corrected chi connectivity index (χ2v) is 5.95. The second kappa shape index (κ2) is 4.02. The van der Waals surface area contributed by atoms with Crippen LogP contribution in [0.5, 0.6) is 5.75 Å². The van der Waals surface area contributed by atoms with Crippen molar-refractivity contribution in [2.75, 3.05) is 7.11 Å². The third kappa shape index (κ3) is 2.06. The Balaban J connectivity index is 2.36. The maximum atomic E-state index is 6.39. The van der Waals surface area contributed by atoms with Gasteiger partial charge in [0.1, 0.15) is 5.75 Å². The van der Waals surface area contributed by atoms with E-state index in [-0.39, 0.29) is 6.04 Å². The van der Waals surface area contributed by atoms with Gasteiger partial charge in [0.25, 0.3) is 0 Å². The van der Waals surface area contributed by atoms with Gasteiger partial charge in [-0.3, -0.25) is 0 Å². The SMILES string of the molecule is COc1c(C(N)C2CC2(C)C)ccc(C)c1C. The zero-order chi connectivity index (χ0) is 12.8. The lowest BCUT2D eigenvalue weighted by Gasteiger charge is -2.20. The molecule has 1 aliphatic rings. The van der Waals surface area contributed by atoms with Gasteiger partial charge in [-0.2, -0.15) is 0 Å². The number of methoxy groups -OCH3 is 1. The van der Waals surface area contributed by atoms with E-state index in [9.17, 15) is 0 Å². The van der Waals surface area contributed by atoms with Crippen molar-refractivity contribution in [1.29, 1.82) is 0 Å². The average Bonchev–Trinajstić information content (AvgIpc) is 2.90.